The summed E-state index contributed by atoms with van der Waals surface area (Å²) >= 11 is 0. The molecule has 4 heteroatoms. The first kappa shape index (κ1) is 17.0. The monoisotopic (exact) mass is 356 g/mol. The van der Waals surface area contributed by atoms with Crippen molar-refractivity contribution in [3.63, 3.8) is 0 Å². The Morgan fingerprint density at radius 2 is 1.74 bits per heavy atom. The van der Waals surface area contributed by atoms with Crippen molar-refractivity contribution in [2.75, 3.05) is 5.32 Å². The minimum atomic E-state index is -0.113. The number of oxazole rings is 1. The third-order valence-electron chi connectivity index (χ3n) is 4.54. The molecule has 134 valence electrons. The maximum absolute atomic E-state index is 12.8. The molecule has 0 aliphatic rings. The molecular formula is C23H20N2O2. The molecule has 1 heterocycles. The van der Waals surface area contributed by atoms with E-state index in [0.29, 0.717) is 22.7 Å². The zero-order valence-corrected chi connectivity index (χ0v) is 15.1. The fraction of sp³-hybridized carbons (Fsp3) is 0.130. The summed E-state index contributed by atoms with van der Waals surface area (Å²) in [5.74, 6) is 0.498. The van der Waals surface area contributed by atoms with Gasteiger partial charge >= 0.3 is 0 Å². The van der Waals surface area contributed by atoms with Crippen LogP contribution in [0.1, 0.15) is 27.4 Å². The number of aromatic nitrogens is 1. The van der Waals surface area contributed by atoms with Gasteiger partial charge in [0.2, 0.25) is 0 Å². The summed E-state index contributed by atoms with van der Waals surface area (Å²) in [7, 11) is 0. The summed E-state index contributed by atoms with van der Waals surface area (Å²) in [6, 6.07) is 23.5. The lowest BCUT2D eigenvalue weighted by atomic mass is 9.99. The van der Waals surface area contributed by atoms with Crippen LogP contribution in [0, 0.1) is 6.92 Å². The Balaban J connectivity index is 1.52. The van der Waals surface area contributed by atoms with Crippen LogP contribution in [-0.2, 0) is 12.8 Å². The van der Waals surface area contributed by atoms with Gasteiger partial charge in [0.05, 0.1) is 0 Å². The summed E-state index contributed by atoms with van der Waals surface area (Å²) in [5, 5.41) is 2.98. The standard InChI is InChI=1S/C23H20N2O2/c1-16-24-21-15-19(13-14-22(21)27-16)25-23(26)20-10-6-5-9-18(20)12-11-17-7-3-2-4-8-17/h2-10,13-15H,11-12H2,1H3,(H,25,26). The van der Waals surface area contributed by atoms with Gasteiger partial charge in [-0.1, -0.05) is 48.5 Å². The first-order chi connectivity index (χ1) is 13.2. The molecule has 0 aliphatic heterocycles. The number of hydrogen-bond acceptors (Lipinski definition) is 3. The number of hydrogen-bond donors (Lipinski definition) is 1. The molecule has 4 rings (SSSR count). The van der Waals surface area contributed by atoms with E-state index in [1.807, 2.05) is 60.7 Å². The van der Waals surface area contributed by atoms with Crippen LogP contribution in [0.25, 0.3) is 11.1 Å². The third-order valence-corrected chi connectivity index (χ3v) is 4.54. The Hall–Kier alpha value is -3.40. The average Bonchev–Trinajstić information content (AvgIpc) is 3.06. The molecule has 0 saturated heterocycles. The number of anilines is 1. The quantitative estimate of drug-likeness (QED) is 0.536. The van der Waals surface area contributed by atoms with E-state index in [9.17, 15) is 4.79 Å². The van der Waals surface area contributed by atoms with Gasteiger partial charge in [0.25, 0.3) is 5.91 Å². The van der Waals surface area contributed by atoms with Gasteiger partial charge in [0, 0.05) is 18.2 Å². The topological polar surface area (TPSA) is 55.1 Å². The van der Waals surface area contributed by atoms with Crippen molar-refractivity contribution >= 4 is 22.7 Å². The van der Waals surface area contributed by atoms with Crippen molar-refractivity contribution in [1.29, 1.82) is 0 Å². The number of benzene rings is 3. The molecule has 4 aromatic rings. The van der Waals surface area contributed by atoms with E-state index in [1.165, 1.54) is 5.56 Å². The second-order valence-electron chi connectivity index (χ2n) is 6.51. The van der Waals surface area contributed by atoms with Crippen molar-refractivity contribution in [1.82, 2.24) is 4.98 Å². The predicted octanol–water partition coefficient (Wildman–Crippen LogP) is 5.17. The SMILES string of the molecule is Cc1nc2cc(NC(=O)c3ccccc3CCc3ccccc3)ccc2o1. The van der Waals surface area contributed by atoms with Crippen molar-refractivity contribution < 1.29 is 9.21 Å². The summed E-state index contributed by atoms with van der Waals surface area (Å²) in [6.45, 7) is 1.81. The molecule has 0 aliphatic carbocycles. The highest BCUT2D eigenvalue weighted by molar-refractivity contribution is 6.05. The summed E-state index contributed by atoms with van der Waals surface area (Å²) in [5.41, 5.74) is 5.16. The minimum Gasteiger partial charge on any atom is -0.441 e. The number of nitrogens with zero attached hydrogens (tertiary/aromatic N) is 1. The van der Waals surface area contributed by atoms with Gasteiger partial charge in [-0.15, -0.1) is 0 Å². The Kier molecular flexibility index (Phi) is 4.71. The van der Waals surface area contributed by atoms with Crippen LogP contribution in [0.5, 0.6) is 0 Å². The van der Waals surface area contributed by atoms with Crippen molar-refractivity contribution in [3.05, 3.63) is 95.4 Å². The van der Waals surface area contributed by atoms with Crippen LogP contribution in [0.4, 0.5) is 5.69 Å². The molecule has 0 bridgehead atoms. The van der Waals surface area contributed by atoms with E-state index in [4.69, 9.17) is 4.42 Å². The highest BCUT2D eigenvalue weighted by atomic mass is 16.3. The maximum atomic E-state index is 12.8. The molecule has 1 amide bonds. The van der Waals surface area contributed by atoms with E-state index in [2.05, 4.69) is 22.4 Å². The summed E-state index contributed by atoms with van der Waals surface area (Å²) in [4.78, 5) is 17.1. The number of carbonyl (C=O) groups excluding carboxylic acids is 1. The van der Waals surface area contributed by atoms with Gasteiger partial charge in [-0.2, -0.15) is 0 Å². The van der Waals surface area contributed by atoms with Gasteiger partial charge in [-0.05, 0) is 48.2 Å². The molecule has 27 heavy (non-hydrogen) atoms. The Morgan fingerprint density at radius 1 is 0.963 bits per heavy atom. The lowest BCUT2D eigenvalue weighted by Crippen LogP contribution is -2.14. The van der Waals surface area contributed by atoms with Crippen LogP contribution in [0.3, 0.4) is 0 Å². The molecular weight excluding hydrogens is 336 g/mol. The molecule has 0 atom stereocenters. The zero-order valence-electron chi connectivity index (χ0n) is 15.1. The molecule has 0 fully saturated rings. The third kappa shape index (κ3) is 3.90. The average molecular weight is 356 g/mol. The number of carbonyl (C=O) groups is 1. The van der Waals surface area contributed by atoms with E-state index >= 15 is 0 Å². The minimum absolute atomic E-state index is 0.113. The molecule has 0 radical (unpaired) electrons. The van der Waals surface area contributed by atoms with Gasteiger partial charge in [0.1, 0.15) is 5.52 Å². The van der Waals surface area contributed by atoms with Crippen LogP contribution in [0.15, 0.2) is 77.2 Å². The Morgan fingerprint density at radius 3 is 2.59 bits per heavy atom. The van der Waals surface area contributed by atoms with Crippen molar-refractivity contribution in [2.45, 2.75) is 19.8 Å². The van der Waals surface area contributed by atoms with E-state index in [1.54, 1.807) is 6.92 Å². The lowest BCUT2D eigenvalue weighted by Gasteiger charge is -2.10. The molecule has 3 aromatic carbocycles. The second kappa shape index (κ2) is 7.46. The number of nitrogens with one attached hydrogen (secondary N) is 1. The molecule has 4 nitrogen and oxygen atoms in total. The fourth-order valence-electron chi connectivity index (χ4n) is 3.20. The fourth-order valence-corrected chi connectivity index (χ4v) is 3.20. The highest BCUT2D eigenvalue weighted by Crippen LogP contribution is 2.21. The molecule has 0 unspecified atom stereocenters. The van der Waals surface area contributed by atoms with Gasteiger partial charge in [-0.25, -0.2) is 4.98 Å². The second-order valence-corrected chi connectivity index (χ2v) is 6.51. The normalized spacial score (nSPS) is 10.9. The molecule has 0 saturated carbocycles. The number of amides is 1. The van der Waals surface area contributed by atoms with Crippen molar-refractivity contribution in [3.8, 4) is 0 Å². The zero-order chi connectivity index (χ0) is 18.6. The molecule has 0 spiro atoms. The van der Waals surface area contributed by atoms with Gasteiger partial charge < -0.3 is 9.73 Å². The van der Waals surface area contributed by atoms with Crippen LogP contribution in [0.2, 0.25) is 0 Å². The highest BCUT2D eigenvalue weighted by Gasteiger charge is 2.12. The molecule has 1 aromatic heterocycles. The lowest BCUT2D eigenvalue weighted by molar-refractivity contribution is 0.102. The number of aryl methyl sites for hydroxylation is 3. The summed E-state index contributed by atoms with van der Waals surface area (Å²) < 4.78 is 5.48. The first-order valence-corrected chi connectivity index (χ1v) is 8.99. The number of rotatable bonds is 5. The predicted molar refractivity (Wildman–Crippen MR) is 107 cm³/mol. The van der Waals surface area contributed by atoms with E-state index in [0.717, 1.165) is 23.9 Å². The van der Waals surface area contributed by atoms with Crippen LogP contribution >= 0.6 is 0 Å². The Labute approximate surface area is 157 Å². The Bertz CT molecular complexity index is 1080. The van der Waals surface area contributed by atoms with Gasteiger partial charge in [0.15, 0.2) is 11.5 Å². The smallest absolute Gasteiger partial charge is 0.255 e. The largest absolute Gasteiger partial charge is 0.441 e. The van der Waals surface area contributed by atoms with E-state index in [-0.39, 0.29) is 5.91 Å². The van der Waals surface area contributed by atoms with Crippen molar-refractivity contribution in [2.24, 2.45) is 0 Å². The van der Waals surface area contributed by atoms with Gasteiger partial charge in [-0.3, -0.25) is 4.79 Å². The van der Waals surface area contributed by atoms with E-state index < -0.39 is 0 Å². The maximum Gasteiger partial charge on any atom is 0.255 e. The number of fused-ring (bicyclic) bond motifs is 1. The first-order valence-electron chi connectivity index (χ1n) is 8.99. The van der Waals surface area contributed by atoms with Crippen LogP contribution in [-0.4, -0.2) is 10.9 Å². The van der Waals surface area contributed by atoms with Crippen LogP contribution < -0.4 is 5.32 Å². The summed E-state index contributed by atoms with van der Waals surface area (Å²) in [6.07, 6.45) is 1.71. The molecule has 1 N–H and O–H groups in total.